The molecule has 0 aliphatic heterocycles. The summed E-state index contributed by atoms with van der Waals surface area (Å²) >= 11 is 0. The molecule has 0 saturated carbocycles. The van der Waals surface area contributed by atoms with Crippen LogP contribution >= 0.6 is 0 Å². The van der Waals surface area contributed by atoms with E-state index in [1.165, 1.54) is 24.3 Å². The molecule has 0 aliphatic carbocycles. The van der Waals surface area contributed by atoms with Crippen LogP contribution in [-0.2, 0) is 10.0 Å². The van der Waals surface area contributed by atoms with Gasteiger partial charge in [-0.1, -0.05) is 26.0 Å². The van der Waals surface area contributed by atoms with Crippen LogP contribution in [0, 0.1) is 18.7 Å². The van der Waals surface area contributed by atoms with Crippen molar-refractivity contribution in [1.29, 1.82) is 0 Å². The fourth-order valence-corrected chi connectivity index (χ4v) is 3.20. The van der Waals surface area contributed by atoms with E-state index in [1.807, 2.05) is 20.8 Å². The second-order valence-electron chi connectivity index (χ2n) is 6.60. The maximum atomic E-state index is 13.7. The molecule has 1 amide bonds. The van der Waals surface area contributed by atoms with E-state index in [0.29, 0.717) is 11.1 Å². The van der Waals surface area contributed by atoms with Crippen LogP contribution in [0.15, 0.2) is 47.4 Å². The van der Waals surface area contributed by atoms with Crippen molar-refractivity contribution in [3.05, 3.63) is 59.4 Å². The molecule has 0 bridgehead atoms. The molecule has 0 fully saturated rings. The summed E-state index contributed by atoms with van der Waals surface area (Å²) in [6.45, 7) is 7.45. The zero-order chi connectivity index (χ0) is 19.5. The molecular formula is C19H23FN2O3S. The molecule has 0 aliphatic rings. The number of hydrogen-bond acceptors (Lipinski definition) is 3. The topological polar surface area (TPSA) is 75.3 Å². The second-order valence-corrected chi connectivity index (χ2v) is 8.29. The van der Waals surface area contributed by atoms with Crippen LogP contribution in [0.1, 0.15) is 36.7 Å². The number of aryl methyl sites for hydroxylation is 1. The number of carbonyl (C=O) groups is 1. The van der Waals surface area contributed by atoms with Crippen molar-refractivity contribution in [3.63, 3.8) is 0 Å². The first-order valence-electron chi connectivity index (χ1n) is 8.30. The zero-order valence-electron chi connectivity index (χ0n) is 15.2. The standard InChI is InChI=1S/C19H23FN2O3S/c1-12(2)14(4)21-19(23)15-6-5-7-16(10-15)22-26(24,25)17-9-8-13(3)18(20)11-17/h5-12,14,22H,1-4H3,(H,21,23). The van der Waals surface area contributed by atoms with Gasteiger partial charge in [0.05, 0.1) is 4.90 Å². The minimum absolute atomic E-state index is 0.0154. The van der Waals surface area contributed by atoms with Crippen molar-refractivity contribution in [1.82, 2.24) is 5.32 Å². The summed E-state index contributed by atoms with van der Waals surface area (Å²) in [6.07, 6.45) is 0. The van der Waals surface area contributed by atoms with Gasteiger partial charge >= 0.3 is 0 Å². The Morgan fingerprint density at radius 2 is 1.77 bits per heavy atom. The molecular weight excluding hydrogens is 355 g/mol. The van der Waals surface area contributed by atoms with Gasteiger partial charge in [0.2, 0.25) is 0 Å². The van der Waals surface area contributed by atoms with Gasteiger partial charge in [0.25, 0.3) is 15.9 Å². The van der Waals surface area contributed by atoms with Crippen molar-refractivity contribution in [3.8, 4) is 0 Å². The molecule has 1 atom stereocenters. The Kier molecular flexibility index (Phi) is 6.02. The maximum Gasteiger partial charge on any atom is 0.261 e. The fraction of sp³-hybridized carbons (Fsp3) is 0.316. The Balaban J connectivity index is 2.22. The lowest BCUT2D eigenvalue weighted by atomic mass is 10.1. The normalized spacial score (nSPS) is 12.7. The van der Waals surface area contributed by atoms with E-state index in [1.54, 1.807) is 19.1 Å². The van der Waals surface area contributed by atoms with Crippen molar-refractivity contribution >= 4 is 21.6 Å². The average Bonchev–Trinajstić information content (AvgIpc) is 2.56. The van der Waals surface area contributed by atoms with E-state index in [9.17, 15) is 17.6 Å². The molecule has 2 rings (SSSR count). The lowest BCUT2D eigenvalue weighted by Gasteiger charge is -2.17. The average molecular weight is 378 g/mol. The highest BCUT2D eigenvalue weighted by Crippen LogP contribution is 2.19. The molecule has 2 aromatic rings. The first-order valence-corrected chi connectivity index (χ1v) is 9.78. The van der Waals surface area contributed by atoms with Crippen molar-refractivity contribution < 1.29 is 17.6 Å². The molecule has 2 N–H and O–H groups in total. The highest BCUT2D eigenvalue weighted by molar-refractivity contribution is 7.92. The molecule has 2 aromatic carbocycles. The number of nitrogens with one attached hydrogen (secondary N) is 2. The Bertz CT molecular complexity index is 911. The molecule has 0 aromatic heterocycles. The van der Waals surface area contributed by atoms with Crippen LogP contribution in [0.4, 0.5) is 10.1 Å². The van der Waals surface area contributed by atoms with Gasteiger partial charge in [-0.2, -0.15) is 0 Å². The SMILES string of the molecule is Cc1ccc(S(=O)(=O)Nc2cccc(C(=O)NC(C)C(C)C)c2)cc1F. The van der Waals surface area contributed by atoms with Crippen LogP contribution in [0.5, 0.6) is 0 Å². The Morgan fingerprint density at radius 1 is 1.08 bits per heavy atom. The molecule has 5 nitrogen and oxygen atoms in total. The Hall–Kier alpha value is -2.41. The molecule has 7 heteroatoms. The largest absolute Gasteiger partial charge is 0.349 e. The lowest BCUT2D eigenvalue weighted by Crippen LogP contribution is -2.36. The summed E-state index contributed by atoms with van der Waals surface area (Å²) in [7, 11) is -3.95. The summed E-state index contributed by atoms with van der Waals surface area (Å²) in [5.41, 5.74) is 0.936. The van der Waals surface area contributed by atoms with Crippen molar-refractivity contribution in [2.75, 3.05) is 4.72 Å². The van der Waals surface area contributed by atoms with Gasteiger partial charge in [-0.05, 0) is 55.7 Å². The van der Waals surface area contributed by atoms with E-state index >= 15 is 0 Å². The van der Waals surface area contributed by atoms with E-state index < -0.39 is 15.8 Å². The molecule has 0 spiro atoms. The van der Waals surface area contributed by atoms with E-state index in [-0.39, 0.29) is 28.4 Å². The highest BCUT2D eigenvalue weighted by Gasteiger charge is 2.17. The predicted octanol–water partition coefficient (Wildman–Crippen LogP) is 3.71. The number of amides is 1. The number of benzene rings is 2. The van der Waals surface area contributed by atoms with E-state index in [2.05, 4.69) is 10.0 Å². The number of sulfonamides is 1. The van der Waals surface area contributed by atoms with Gasteiger partial charge in [-0.25, -0.2) is 12.8 Å². The number of hydrogen-bond donors (Lipinski definition) is 2. The zero-order valence-corrected chi connectivity index (χ0v) is 16.0. The molecule has 0 heterocycles. The van der Waals surface area contributed by atoms with Crippen LogP contribution < -0.4 is 10.0 Å². The summed E-state index contributed by atoms with van der Waals surface area (Å²) in [4.78, 5) is 12.1. The van der Waals surface area contributed by atoms with Crippen molar-refractivity contribution in [2.24, 2.45) is 5.92 Å². The molecule has 140 valence electrons. The quantitative estimate of drug-likeness (QED) is 0.805. The summed E-state index contributed by atoms with van der Waals surface area (Å²) in [6, 6.07) is 9.86. The van der Waals surface area contributed by atoms with Gasteiger partial charge in [0.15, 0.2) is 0 Å². The van der Waals surface area contributed by atoms with Gasteiger partial charge in [0, 0.05) is 17.3 Å². The van der Waals surface area contributed by atoms with Crippen LogP contribution in [0.3, 0.4) is 0 Å². The summed E-state index contributed by atoms with van der Waals surface area (Å²) < 4.78 is 40.9. The molecule has 1 unspecified atom stereocenters. The summed E-state index contributed by atoms with van der Waals surface area (Å²) in [5.74, 6) is -0.602. The minimum Gasteiger partial charge on any atom is -0.349 e. The lowest BCUT2D eigenvalue weighted by molar-refractivity contribution is 0.0930. The van der Waals surface area contributed by atoms with Gasteiger partial charge in [-0.3, -0.25) is 9.52 Å². The third-order valence-electron chi connectivity index (χ3n) is 4.19. The van der Waals surface area contributed by atoms with Crippen LogP contribution in [0.2, 0.25) is 0 Å². The number of rotatable bonds is 6. The highest BCUT2D eigenvalue weighted by atomic mass is 32.2. The Labute approximate surface area is 153 Å². The molecule has 0 saturated heterocycles. The minimum atomic E-state index is -3.95. The van der Waals surface area contributed by atoms with Crippen molar-refractivity contribution in [2.45, 2.75) is 38.6 Å². The van der Waals surface area contributed by atoms with Gasteiger partial charge in [0.1, 0.15) is 5.82 Å². The molecule has 0 radical (unpaired) electrons. The summed E-state index contributed by atoms with van der Waals surface area (Å²) in [5, 5.41) is 2.87. The second kappa shape index (κ2) is 7.86. The number of halogens is 1. The van der Waals surface area contributed by atoms with Gasteiger partial charge in [-0.15, -0.1) is 0 Å². The first kappa shape index (κ1) is 19.9. The van der Waals surface area contributed by atoms with E-state index in [0.717, 1.165) is 6.07 Å². The predicted molar refractivity (Wildman–Crippen MR) is 100 cm³/mol. The first-order chi connectivity index (χ1) is 12.1. The third kappa shape index (κ3) is 4.82. The fourth-order valence-electron chi connectivity index (χ4n) is 2.14. The number of carbonyl (C=O) groups excluding carboxylic acids is 1. The van der Waals surface area contributed by atoms with Gasteiger partial charge < -0.3 is 5.32 Å². The third-order valence-corrected chi connectivity index (χ3v) is 5.57. The van der Waals surface area contributed by atoms with Crippen LogP contribution in [0.25, 0.3) is 0 Å². The monoisotopic (exact) mass is 378 g/mol. The smallest absolute Gasteiger partial charge is 0.261 e. The number of anilines is 1. The Morgan fingerprint density at radius 3 is 2.38 bits per heavy atom. The van der Waals surface area contributed by atoms with E-state index in [4.69, 9.17) is 0 Å². The van der Waals surface area contributed by atoms with Crippen LogP contribution in [-0.4, -0.2) is 20.4 Å². The molecule has 26 heavy (non-hydrogen) atoms. The maximum absolute atomic E-state index is 13.7.